The summed E-state index contributed by atoms with van der Waals surface area (Å²) in [5.41, 5.74) is 6.83. The molecule has 1 saturated heterocycles. The molecular formula is C15H17BrN2OS. The molecule has 1 aromatic heterocycles. The molecule has 0 spiro atoms. The fraction of sp³-hybridized carbons (Fsp3) is 0.400. The SMILES string of the molecule is CC1CC(C)N(C(=O)c2sc3cccc(Br)c3c2N)C1. The number of benzene rings is 1. The van der Waals surface area contributed by atoms with Gasteiger partial charge in [-0.25, -0.2) is 0 Å². The zero-order valence-electron chi connectivity index (χ0n) is 11.5. The zero-order chi connectivity index (χ0) is 14.4. The van der Waals surface area contributed by atoms with E-state index < -0.39 is 0 Å². The Bertz CT molecular complexity index is 682. The number of nitrogens with zero attached hydrogens (tertiary/aromatic N) is 1. The van der Waals surface area contributed by atoms with Crippen LogP contribution < -0.4 is 5.73 Å². The number of hydrogen-bond donors (Lipinski definition) is 1. The second-order valence-corrected chi connectivity index (χ2v) is 7.51. The van der Waals surface area contributed by atoms with Crippen molar-refractivity contribution in [1.82, 2.24) is 4.90 Å². The lowest BCUT2D eigenvalue weighted by molar-refractivity contribution is 0.0749. The maximum Gasteiger partial charge on any atom is 0.266 e. The van der Waals surface area contributed by atoms with Gasteiger partial charge in [-0.15, -0.1) is 11.3 Å². The first-order valence-corrected chi connectivity index (χ1v) is 8.37. The van der Waals surface area contributed by atoms with Crippen molar-refractivity contribution >= 4 is 48.9 Å². The van der Waals surface area contributed by atoms with Crippen molar-refractivity contribution in [2.45, 2.75) is 26.3 Å². The minimum absolute atomic E-state index is 0.0763. The van der Waals surface area contributed by atoms with Gasteiger partial charge in [0.25, 0.3) is 5.91 Å². The molecule has 2 aromatic rings. The fourth-order valence-corrected chi connectivity index (χ4v) is 4.82. The summed E-state index contributed by atoms with van der Waals surface area (Å²) in [6.07, 6.45) is 1.07. The molecule has 5 heteroatoms. The number of likely N-dealkylation sites (tertiary alicyclic amines) is 1. The molecule has 2 N–H and O–H groups in total. The fourth-order valence-electron chi connectivity index (χ4n) is 3.00. The van der Waals surface area contributed by atoms with Crippen molar-refractivity contribution < 1.29 is 4.79 Å². The van der Waals surface area contributed by atoms with Gasteiger partial charge in [-0.05, 0) is 31.4 Å². The number of hydrogen-bond acceptors (Lipinski definition) is 3. The van der Waals surface area contributed by atoms with Gasteiger partial charge in [-0.1, -0.05) is 28.9 Å². The number of anilines is 1. The van der Waals surface area contributed by atoms with E-state index in [9.17, 15) is 4.79 Å². The lowest BCUT2D eigenvalue weighted by atomic mass is 10.1. The van der Waals surface area contributed by atoms with Crippen LogP contribution in [0.25, 0.3) is 10.1 Å². The van der Waals surface area contributed by atoms with E-state index in [0.29, 0.717) is 22.5 Å². The first kappa shape index (κ1) is 13.9. The van der Waals surface area contributed by atoms with Gasteiger partial charge in [0.05, 0.1) is 5.69 Å². The molecule has 1 aromatic carbocycles. The summed E-state index contributed by atoms with van der Waals surface area (Å²) in [6.45, 7) is 5.13. The second kappa shape index (κ2) is 5.04. The Kier molecular flexibility index (Phi) is 3.50. The number of fused-ring (bicyclic) bond motifs is 1. The summed E-state index contributed by atoms with van der Waals surface area (Å²) in [5, 5.41) is 0.959. The summed E-state index contributed by atoms with van der Waals surface area (Å²) >= 11 is 5.01. The van der Waals surface area contributed by atoms with Crippen LogP contribution in [0.5, 0.6) is 0 Å². The molecule has 2 heterocycles. The van der Waals surface area contributed by atoms with Crippen LogP contribution >= 0.6 is 27.3 Å². The standard InChI is InChI=1S/C15H17BrN2OS/c1-8-6-9(2)18(7-8)15(19)14-13(17)12-10(16)4-3-5-11(12)20-14/h3-5,8-9H,6-7,17H2,1-2H3. The lowest BCUT2D eigenvalue weighted by Gasteiger charge is -2.20. The number of carbonyl (C=O) groups excluding carboxylic acids is 1. The third-order valence-electron chi connectivity index (χ3n) is 3.94. The Hall–Kier alpha value is -1.07. The molecule has 20 heavy (non-hydrogen) atoms. The molecule has 3 nitrogen and oxygen atoms in total. The summed E-state index contributed by atoms with van der Waals surface area (Å²) < 4.78 is 2.01. The number of carbonyl (C=O) groups is 1. The molecule has 0 radical (unpaired) electrons. The molecule has 0 aliphatic carbocycles. The van der Waals surface area contributed by atoms with E-state index in [4.69, 9.17) is 5.73 Å². The average molecular weight is 353 g/mol. The monoisotopic (exact) mass is 352 g/mol. The Morgan fingerprint density at radius 2 is 2.20 bits per heavy atom. The van der Waals surface area contributed by atoms with Gasteiger partial charge < -0.3 is 10.6 Å². The normalized spacial score (nSPS) is 22.6. The number of halogens is 1. The number of nitrogens with two attached hydrogens (primary N) is 1. The van der Waals surface area contributed by atoms with Gasteiger partial charge in [0, 0.05) is 27.1 Å². The first-order chi connectivity index (χ1) is 9.49. The number of amides is 1. The van der Waals surface area contributed by atoms with E-state index >= 15 is 0 Å². The van der Waals surface area contributed by atoms with Crippen LogP contribution in [0.3, 0.4) is 0 Å². The highest BCUT2D eigenvalue weighted by Gasteiger charge is 2.32. The topological polar surface area (TPSA) is 46.3 Å². The van der Waals surface area contributed by atoms with E-state index in [-0.39, 0.29) is 5.91 Å². The van der Waals surface area contributed by atoms with E-state index in [1.807, 2.05) is 23.1 Å². The van der Waals surface area contributed by atoms with Crippen molar-refractivity contribution in [2.24, 2.45) is 5.92 Å². The molecule has 0 saturated carbocycles. The Labute approximate surface area is 130 Å². The number of nitrogen functional groups attached to an aromatic ring is 1. The van der Waals surface area contributed by atoms with E-state index in [2.05, 4.69) is 29.8 Å². The van der Waals surface area contributed by atoms with Crippen LogP contribution in [-0.2, 0) is 0 Å². The average Bonchev–Trinajstić information content (AvgIpc) is 2.90. The van der Waals surface area contributed by atoms with Crippen molar-refractivity contribution in [3.05, 3.63) is 27.5 Å². The van der Waals surface area contributed by atoms with Crippen LogP contribution in [-0.4, -0.2) is 23.4 Å². The van der Waals surface area contributed by atoms with Crippen molar-refractivity contribution in [1.29, 1.82) is 0 Å². The molecule has 2 unspecified atom stereocenters. The third kappa shape index (κ3) is 2.13. The molecule has 106 valence electrons. The van der Waals surface area contributed by atoms with Gasteiger partial charge in [0.2, 0.25) is 0 Å². The summed E-state index contributed by atoms with van der Waals surface area (Å²) in [4.78, 5) is 15.4. The summed E-state index contributed by atoms with van der Waals surface area (Å²) in [6, 6.07) is 6.23. The number of rotatable bonds is 1. The minimum Gasteiger partial charge on any atom is -0.397 e. The molecule has 1 aliphatic rings. The third-order valence-corrected chi connectivity index (χ3v) is 5.76. The van der Waals surface area contributed by atoms with Crippen molar-refractivity contribution in [3.63, 3.8) is 0 Å². The Balaban J connectivity index is 2.04. The molecular weight excluding hydrogens is 336 g/mol. The van der Waals surface area contributed by atoms with E-state index in [0.717, 1.165) is 27.5 Å². The van der Waals surface area contributed by atoms with E-state index in [1.54, 1.807) is 0 Å². The van der Waals surface area contributed by atoms with Crippen molar-refractivity contribution in [3.8, 4) is 0 Å². The summed E-state index contributed by atoms with van der Waals surface area (Å²) in [7, 11) is 0. The maximum absolute atomic E-state index is 12.7. The maximum atomic E-state index is 12.7. The molecule has 0 bridgehead atoms. The molecule has 1 amide bonds. The Morgan fingerprint density at radius 1 is 1.45 bits per heavy atom. The highest BCUT2D eigenvalue weighted by Crippen LogP contribution is 2.39. The largest absolute Gasteiger partial charge is 0.397 e. The number of thiophene rings is 1. The molecule has 1 fully saturated rings. The molecule has 2 atom stereocenters. The van der Waals surface area contributed by atoms with Crippen LogP contribution in [0, 0.1) is 5.92 Å². The first-order valence-electron chi connectivity index (χ1n) is 6.76. The van der Waals surface area contributed by atoms with E-state index in [1.165, 1.54) is 11.3 Å². The highest BCUT2D eigenvalue weighted by molar-refractivity contribution is 9.10. The van der Waals surface area contributed by atoms with Crippen LogP contribution in [0.1, 0.15) is 29.9 Å². The van der Waals surface area contributed by atoms with Gasteiger partial charge in [0.1, 0.15) is 4.88 Å². The van der Waals surface area contributed by atoms with Gasteiger partial charge >= 0.3 is 0 Å². The second-order valence-electron chi connectivity index (χ2n) is 5.61. The predicted octanol–water partition coefficient (Wildman–Crippen LogP) is 4.12. The Morgan fingerprint density at radius 3 is 2.80 bits per heavy atom. The zero-order valence-corrected chi connectivity index (χ0v) is 13.9. The smallest absolute Gasteiger partial charge is 0.266 e. The summed E-state index contributed by atoms with van der Waals surface area (Å²) in [5.74, 6) is 0.642. The predicted molar refractivity (Wildman–Crippen MR) is 88.2 cm³/mol. The highest BCUT2D eigenvalue weighted by atomic mass is 79.9. The van der Waals surface area contributed by atoms with Gasteiger partial charge in [-0.3, -0.25) is 4.79 Å². The quantitative estimate of drug-likeness (QED) is 0.838. The van der Waals surface area contributed by atoms with Gasteiger partial charge in [0.15, 0.2) is 0 Å². The van der Waals surface area contributed by atoms with Crippen LogP contribution in [0.2, 0.25) is 0 Å². The van der Waals surface area contributed by atoms with Gasteiger partial charge in [-0.2, -0.15) is 0 Å². The molecule has 3 rings (SSSR count). The lowest BCUT2D eigenvalue weighted by Crippen LogP contribution is -2.33. The van der Waals surface area contributed by atoms with Crippen molar-refractivity contribution in [2.75, 3.05) is 12.3 Å². The van der Waals surface area contributed by atoms with Crippen LogP contribution in [0.4, 0.5) is 5.69 Å². The molecule has 1 aliphatic heterocycles. The minimum atomic E-state index is 0.0763. The van der Waals surface area contributed by atoms with Crippen LogP contribution in [0.15, 0.2) is 22.7 Å².